The summed E-state index contributed by atoms with van der Waals surface area (Å²) in [6.45, 7) is 6.01. The zero-order valence-corrected chi connectivity index (χ0v) is 18.8. The van der Waals surface area contributed by atoms with Crippen molar-refractivity contribution in [2.75, 3.05) is 0 Å². The molecule has 6 nitrogen and oxygen atoms in total. The summed E-state index contributed by atoms with van der Waals surface area (Å²) < 4.78 is 14.5. The van der Waals surface area contributed by atoms with Gasteiger partial charge < -0.3 is 10.6 Å². The molecule has 0 spiro atoms. The predicted molar refractivity (Wildman–Crippen MR) is 120 cm³/mol. The number of hydrogen-bond acceptors (Lipinski definition) is 5. The van der Waals surface area contributed by atoms with Crippen molar-refractivity contribution in [2.45, 2.75) is 50.7 Å². The second-order valence-electron chi connectivity index (χ2n) is 9.03. The van der Waals surface area contributed by atoms with Crippen LogP contribution in [0, 0.1) is 5.82 Å². The van der Waals surface area contributed by atoms with Crippen LogP contribution in [-0.2, 0) is 10.2 Å². The molecule has 1 amide bonds. The summed E-state index contributed by atoms with van der Waals surface area (Å²) in [4.78, 5) is 17.3. The number of halogens is 2. The summed E-state index contributed by atoms with van der Waals surface area (Å²) >= 11 is 6.57. The Bertz CT molecular complexity index is 1230. The summed E-state index contributed by atoms with van der Waals surface area (Å²) in [6.07, 6.45) is 3.52. The number of carbonyl (C=O) groups excluding carboxylic acids is 1. The van der Waals surface area contributed by atoms with Gasteiger partial charge in [-0.05, 0) is 43.5 Å². The van der Waals surface area contributed by atoms with E-state index in [-0.39, 0.29) is 11.1 Å². The van der Waals surface area contributed by atoms with Crippen LogP contribution in [0.15, 0.2) is 75.0 Å². The number of aromatic nitrogens is 1. The van der Waals surface area contributed by atoms with Gasteiger partial charge in [-0.25, -0.2) is 4.39 Å². The fraction of sp³-hybridized carbons (Fsp3) is 0.333. The van der Waals surface area contributed by atoms with E-state index < -0.39 is 22.9 Å². The fourth-order valence-electron chi connectivity index (χ4n) is 5.23. The van der Waals surface area contributed by atoms with Gasteiger partial charge in [-0.3, -0.25) is 9.78 Å². The maximum absolute atomic E-state index is 14.5. The molecule has 1 aromatic carbocycles. The van der Waals surface area contributed by atoms with Crippen LogP contribution in [0.2, 0.25) is 0 Å². The molecule has 2 unspecified atom stereocenters. The quantitative estimate of drug-likeness (QED) is 0.649. The second-order valence-corrected chi connectivity index (χ2v) is 9.39. The first-order chi connectivity index (χ1) is 15.3. The number of hydrogen-bond donors (Lipinski definition) is 2. The molecule has 0 radical (unpaired) electrons. The van der Waals surface area contributed by atoms with Gasteiger partial charge in [-0.15, -0.1) is 5.11 Å². The first-order valence-corrected chi connectivity index (χ1v) is 11.0. The van der Waals surface area contributed by atoms with E-state index in [0.29, 0.717) is 29.5 Å². The van der Waals surface area contributed by atoms with E-state index in [4.69, 9.17) is 11.6 Å². The van der Waals surface area contributed by atoms with Gasteiger partial charge in [0.15, 0.2) is 11.3 Å². The fourth-order valence-corrected chi connectivity index (χ4v) is 5.54. The maximum Gasteiger partial charge on any atom is 0.250 e. The van der Waals surface area contributed by atoms with Gasteiger partial charge in [-0.1, -0.05) is 36.7 Å². The Morgan fingerprint density at radius 1 is 1.28 bits per heavy atom. The minimum atomic E-state index is -0.841. The van der Waals surface area contributed by atoms with Crippen molar-refractivity contribution in [1.29, 1.82) is 0 Å². The van der Waals surface area contributed by atoms with Crippen LogP contribution >= 0.6 is 11.6 Å². The van der Waals surface area contributed by atoms with Gasteiger partial charge in [0.25, 0.3) is 5.91 Å². The van der Waals surface area contributed by atoms with Gasteiger partial charge in [0, 0.05) is 35.0 Å². The van der Waals surface area contributed by atoms with Crippen molar-refractivity contribution < 1.29 is 9.18 Å². The molecular formula is C24H23ClFN5O. The average molecular weight is 452 g/mol. The molecular weight excluding hydrogens is 429 g/mol. The highest BCUT2D eigenvalue weighted by Gasteiger charge is 2.54. The molecule has 5 rings (SSSR count). The molecule has 3 aliphatic rings. The van der Waals surface area contributed by atoms with Crippen LogP contribution in [0.4, 0.5) is 4.39 Å². The molecule has 8 heteroatoms. The molecule has 2 atom stereocenters. The van der Waals surface area contributed by atoms with E-state index in [1.807, 2.05) is 45.0 Å². The van der Waals surface area contributed by atoms with E-state index >= 15 is 0 Å². The number of nitrogens with one attached hydrogen (secondary N) is 2. The lowest BCUT2D eigenvalue weighted by Gasteiger charge is -2.48. The van der Waals surface area contributed by atoms with E-state index in [1.165, 1.54) is 6.20 Å². The molecule has 0 saturated heterocycles. The first kappa shape index (κ1) is 20.8. The van der Waals surface area contributed by atoms with Crippen molar-refractivity contribution in [3.8, 4) is 11.1 Å². The number of fused-ring (bicyclic) bond motifs is 1. The van der Waals surface area contributed by atoms with Crippen molar-refractivity contribution in [1.82, 2.24) is 15.6 Å². The average Bonchev–Trinajstić information content (AvgIpc) is 3.12. The highest BCUT2D eigenvalue weighted by Crippen LogP contribution is 2.53. The molecule has 0 bridgehead atoms. The Morgan fingerprint density at radius 3 is 2.84 bits per heavy atom. The lowest BCUT2D eigenvalue weighted by molar-refractivity contribution is -0.120. The van der Waals surface area contributed by atoms with Crippen LogP contribution < -0.4 is 10.6 Å². The Hall–Kier alpha value is -3.06. The Kier molecular flexibility index (Phi) is 4.71. The third kappa shape index (κ3) is 2.98. The number of pyridine rings is 1. The second kappa shape index (κ2) is 7.24. The van der Waals surface area contributed by atoms with Gasteiger partial charge in [-0.2, -0.15) is 5.11 Å². The topological polar surface area (TPSA) is 78.7 Å². The molecule has 0 saturated carbocycles. The van der Waals surface area contributed by atoms with Crippen LogP contribution in [0.1, 0.15) is 39.2 Å². The number of nitrogens with zero attached hydrogens (tertiary/aromatic N) is 3. The molecule has 32 heavy (non-hydrogen) atoms. The molecule has 164 valence electrons. The van der Waals surface area contributed by atoms with Crippen molar-refractivity contribution in [3.63, 3.8) is 0 Å². The lowest BCUT2D eigenvalue weighted by Crippen LogP contribution is -2.58. The number of carbonyl (C=O) groups is 1. The molecule has 2 aromatic rings. The van der Waals surface area contributed by atoms with Crippen molar-refractivity contribution in [3.05, 3.63) is 76.1 Å². The lowest BCUT2D eigenvalue weighted by atomic mass is 9.62. The van der Waals surface area contributed by atoms with E-state index in [2.05, 4.69) is 25.8 Å². The zero-order chi connectivity index (χ0) is 22.7. The van der Waals surface area contributed by atoms with Gasteiger partial charge in [0.1, 0.15) is 5.82 Å². The van der Waals surface area contributed by atoms with E-state index in [0.717, 1.165) is 16.8 Å². The summed E-state index contributed by atoms with van der Waals surface area (Å²) in [5.74, 6) is -0.549. The molecule has 0 aliphatic carbocycles. The van der Waals surface area contributed by atoms with Crippen LogP contribution in [-0.4, -0.2) is 22.6 Å². The minimum absolute atomic E-state index is 0.145. The largest absolute Gasteiger partial charge is 0.362 e. The summed E-state index contributed by atoms with van der Waals surface area (Å²) in [7, 11) is 0. The number of azo groups is 1. The number of benzene rings is 1. The zero-order valence-electron chi connectivity index (χ0n) is 18.0. The molecule has 2 N–H and O–H groups in total. The van der Waals surface area contributed by atoms with E-state index in [1.54, 1.807) is 12.3 Å². The van der Waals surface area contributed by atoms with Crippen molar-refractivity contribution >= 4 is 17.5 Å². The minimum Gasteiger partial charge on any atom is -0.362 e. The third-order valence-electron chi connectivity index (χ3n) is 6.52. The van der Waals surface area contributed by atoms with Gasteiger partial charge in [0.05, 0.1) is 17.2 Å². The molecule has 4 heterocycles. The Balaban J connectivity index is 1.78. The third-order valence-corrected chi connectivity index (χ3v) is 6.80. The van der Waals surface area contributed by atoms with Crippen LogP contribution in [0.5, 0.6) is 0 Å². The smallest absolute Gasteiger partial charge is 0.250 e. The van der Waals surface area contributed by atoms with Crippen molar-refractivity contribution in [2.24, 2.45) is 10.2 Å². The van der Waals surface area contributed by atoms with Crippen LogP contribution in [0.3, 0.4) is 0 Å². The highest BCUT2D eigenvalue weighted by molar-refractivity contribution is 6.30. The molecule has 3 aliphatic heterocycles. The predicted octanol–water partition coefficient (Wildman–Crippen LogP) is 4.93. The Morgan fingerprint density at radius 2 is 2.09 bits per heavy atom. The summed E-state index contributed by atoms with van der Waals surface area (Å²) in [5, 5.41) is 15.3. The molecule has 0 fully saturated rings. The van der Waals surface area contributed by atoms with Crippen LogP contribution in [0.25, 0.3) is 11.1 Å². The monoisotopic (exact) mass is 451 g/mol. The normalized spacial score (nSPS) is 25.9. The first-order valence-electron chi connectivity index (χ1n) is 10.6. The number of amides is 1. The standard InChI is InChI=1S/C24H23ClFN5O/c1-4-24(14-7-5-6-13(10-14)15-8-9-27-12-16(15)26)18-17(11-23(2,3)29-22(18)32)28-21-19(24)20(25)30-31-21/h5-10,12,21,28H,4,11H2,1-3H3,(H,29,32). The van der Waals surface area contributed by atoms with Gasteiger partial charge >= 0.3 is 0 Å². The highest BCUT2D eigenvalue weighted by atomic mass is 35.5. The number of rotatable bonds is 3. The van der Waals surface area contributed by atoms with E-state index in [9.17, 15) is 9.18 Å². The maximum atomic E-state index is 14.5. The molecule has 1 aromatic heterocycles. The summed E-state index contributed by atoms with van der Waals surface area (Å²) in [5.41, 5.74) is 2.99. The van der Waals surface area contributed by atoms with Gasteiger partial charge in [0.2, 0.25) is 0 Å². The summed E-state index contributed by atoms with van der Waals surface area (Å²) in [6, 6.07) is 9.26. The SMILES string of the molecule is CCC1(c2cccc(-c3ccncc3F)c2)C2=C(CC(C)(C)NC2=O)NC2N=NC(Cl)=C21. The Labute approximate surface area is 190 Å².